The summed E-state index contributed by atoms with van der Waals surface area (Å²) in [6.07, 6.45) is 3.97. The van der Waals surface area contributed by atoms with E-state index in [0.717, 1.165) is 11.1 Å². The molecule has 2 amide bonds. The van der Waals surface area contributed by atoms with Crippen LogP contribution in [0.4, 0.5) is 0 Å². The molecule has 2 aromatic rings. The molecule has 0 aliphatic carbocycles. The van der Waals surface area contributed by atoms with Crippen LogP contribution in [0.25, 0.3) is 0 Å². The van der Waals surface area contributed by atoms with E-state index in [1.807, 2.05) is 31.2 Å². The fourth-order valence-electron chi connectivity index (χ4n) is 2.37. The summed E-state index contributed by atoms with van der Waals surface area (Å²) in [5, 5.41) is 3.37. The van der Waals surface area contributed by atoms with E-state index >= 15 is 0 Å². The Bertz CT molecular complexity index is 706. The van der Waals surface area contributed by atoms with Crippen molar-refractivity contribution in [3.05, 3.63) is 64.9 Å². The highest BCUT2D eigenvalue weighted by molar-refractivity contribution is 6.35. The molecule has 24 heavy (non-hydrogen) atoms. The zero-order valence-corrected chi connectivity index (χ0v) is 14.5. The number of benzene rings is 1. The second kappa shape index (κ2) is 8.45. The normalized spacial score (nSPS) is 11.6. The average molecular weight is 346 g/mol. The molecule has 1 aromatic carbocycles. The zero-order chi connectivity index (χ0) is 17.5. The minimum absolute atomic E-state index is 0.255. The second-order valence-corrected chi connectivity index (χ2v) is 5.94. The molecule has 1 N–H and O–H groups in total. The first-order valence-corrected chi connectivity index (χ1v) is 8.09. The van der Waals surface area contributed by atoms with Gasteiger partial charge in [-0.2, -0.15) is 0 Å². The first kappa shape index (κ1) is 17.9. The van der Waals surface area contributed by atoms with Gasteiger partial charge in [0.15, 0.2) is 0 Å². The van der Waals surface area contributed by atoms with Gasteiger partial charge >= 0.3 is 11.8 Å². The van der Waals surface area contributed by atoms with Crippen molar-refractivity contribution >= 4 is 23.4 Å². The molecule has 0 saturated carbocycles. The molecule has 6 heteroatoms. The Morgan fingerprint density at radius 1 is 1.25 bits per heavy atom. The van der Waals surface area contributed by atoms with Gasteiger partial charge < -0.3 is 10.2 Å². The lowest BCUT2D eigenvalue weighted by atomic mass is 10.0. The summed E-state index contributed by atoms with van der Waals surface area (Å²) in [5.74, 6) is -1.20. The molecule has 1 aromatic heterocycles. The van der Waals surface area contributed by atoms with Crippen LogP contribution in [-0.2, 0) is 16.1 Å². The minimum Gasteiger partial charge on any atom is -0.341 e. The number of aromatic nitrogens is 1. The first-order chi connectivity index (χ1) is 11.5. The van der Waals surface area contributed by atoms with Crippen molar-refractivity contribution in [1.29, 1.82) is 0 Å². The molecule has 0 radical (unpaired) electrons. The van der Waals surface area contributed by atoms with Gasteiger partial charge in [-0.3, -0.25) is 14.6 Å². The molecule has 0 aliphatic heterocycles. The maximum Gasteiger partial charge on any atom is 0.311 e. The highest BCUT2D eigenvalue weighted by Gasteiger charge is 2.22. The number of nitrogens with zero attached hydrogens (tertiary/aromatic N) is 2. The van der Waals surface area contributed by atoms with Crippen molar-refractivity contribution in [3.63, 3.8) is 0 Å². The Kier molecular flexibility index (Phi) is 6.32. The van der Waals surface area contributed by atoms with E-state index in [9.17, 15) is 9.59 Å². The van der Waals surface area contributed by atoms with Crippen molar-refractivity contribution in [2.75, 3.05) is 7.05 Å². The summed E-state index contributed by atoms with van der Waals surface area (Å²) in [7, 11) is 1.60. The van der Waals surface area contributed by atoms with Gasteiger partial charge in [0, 0.05) is 31.0 Å². The number of hydrogen-bond acceptors (Lipinski definition) is 3. The van der Waals surface area contributed by atoms with Crippen LogP contribution in [-0.4, -0.2) is 28.7 Å². The largest absolute Gasteiger partial charge is 0.341 e. The van der Waals surface area contributed by atoms with Crippen molar-refractivity contribution in [2.24, 2.45) is 0 Å². The lowest BCUT2D eigenvalue weighted by Crippen LogP contribution is -2.42. The standard InChI is InChI=1S/C18H20ClN3O2/c1-3-16(14-5-4-6-15(19)11-14)21-17(23)18(24)22(2)12-13-7-9-20-10-8-13/h4-11,16H,3,12H2,1-2H3,(H,21,23)/t16-/m1/s1. The topological polar surface area (TPSA) is 62.3 Å². The van der Waals surface area contributed by atoms with Crippen molar-refractivity contribution < 1.29 is 9.59 Å². The molecule has 0 unspecified atom stereocenters. The molecular formula is C18H20ClN3O2. The third kappa shape index (κ3) is 4.80. The number of hydrogen-bond donors (Lipinski definition) is 1. The summed E-state index contributed by atoms with van der Waals surface area (Å²) in [6.45, 7) is 2.29. The maximum absolute atomic E-state index is 12.3. The first-order valence-electron chi connectivity index (χ1n) is 7.71. The Morgan fingerprint density at radius 3 is 2.58 bits per heavy atom. The number of amides is 2. The monoisotopic (exact) mass is 345 g/mol. The Hall–Kier alpha value is -2.40. The molecule has 1 atom stereocenters. The van der Waals surface area contributed by atoms with Crippen LogP contribution in [0.5, 0.6) is 0 Å². The predicted octanol–water partition coefficient (Wildman–Crippen LogP) is 2.96. The molecule has 1 heterocycles. The lowest BCUT2D eigenvalue weighted by Gasteiger charge is -2.21. The SMILES string of the molecule is CC[C@@H](NC(=O)C(=O)N(C)Cc1ccncc1)c1cccc(Cl)c1. The van der Waals surface area contributed by atoms with E-state index < -0.39 is 11.8 Å². The number of nitrogens with one attached hydrogen (secondary N) is 1. The minimum atomic E-state index is -0.626. The van der Waals surface area contributed by atoms with Gasteiger partial charge in [-0.05, 0) is 41.8 Å². The zero-order valence-electron chi connectivity index (χ0n) is 13.7. The fourth-order valence-corrected chi connectivity index (χ4v) is 2.57. The average Bonchev–Trinajstić information content (AvgIpc) is 2.59. The molecule has 2 rings (SSSR count). The van der Waals surface area contributed by atoms with Gasteiger partial charge in [0.05, 0.1) is 6.04 Å². The van der Waals surface area contributed by atoms with Crippen LogP contribution in [0, 0.1) is 0 Å². The molecule has 5 nitrogen and oxygen atoms in total. The van der Waals surface area contributed by atoms with Crippen molar-refractivity contribution in [1.82, 2.24) is 15.2 Å². The number of halogens is 1. The highest BCUT2D eigenvalue weighted by atomic mass is 35.5. The van der Waals surface area contributed by atoms with Crippen LogP contribution in [0.2, 0.25) is 5.02 Å². The Balaban J connectivity index is 2.00. The van der Waals surface area contributed by atoms with E-state index in [-0.39, 0.29) is 6.04 Å². The second-order valence-electron chi connectivity index (χ2n) is 5.51. The number of carbonyl (C=O) groups excluding carboxylic acids is 2. The quantitative estimate of drug-likeness (QED) is 0.847. The van der Waals surface area contributed by atoms with E-state index in [4.69, 9.17) is 11.6 Å². The summed E-state index contributed by atoms with van der Waals surface area (Å²) in [5.41, 5.74) is 1.79. The number of likely N-dealkylation sites (N-methyl/N-ethyl adjacent to an activating group) is 1. The maximum atomic E-state index is 12.3. The van der Waals surface area contributed by atoms with Crippen LogP contribution in [0.3, 0.4) is 0 Å². The molecule has 0 spiro atoms. The summed E-state index contributed by atoms with van der Waals surface area (Å²) in [4.78, 5) is 29.8. The number of carbonyl (C=O) groups is 2. The summed E-state index contributed by atoms with van der Waals surface area (Å²) in [6, 6.07) is 10.6. The molecular weight excluding hydrogens is 326 g/mol. The molecule has 0 saturated heterocycles. The predicted molar refractivity (Wildman–Crippen MR) is 93.3 cm³/mol. The van der Waals surface area contributed by atoms with Gasteiger partial charge in [0.2, 0.25) is 0 Å². The third-order valence-corrected chi connectivity index (χ3v) is 3.91. The van der Waals surface area contributed by atoms with Crippen LogP contribution in [0.15, 0.2) is 48.8 Å². The van der Waals surface area contributed by atoms with Gasteiger partial charge in [-0.15, -0.1) is 0 Å². The van der Waals surface area contributed by atoms with E-state index in [2.05, 4.69) is 10.3 Å². The summed E-state index contributed by atoms with van der Waals surface area (Å²) < 4.78 is 0. The Morgan fingerprint density at radius 2 is 1.96 bits per heavy atom. The van der Waals surface area contributed by atoms with Crippen LogP contribution < -0.4 is 5.32 Å². The number of pyridine rings is 1. The van der Waals surface area contributed by atoms with Gasteiger partial charge in [-0.25, -0.2) is 0 Å². The number of rotatable bonds is 5. The molecule has 0 aliphatic rings. The fraction of sp³-hybridized carbons (Fsp3) is 0.278. The molecule has 126 valence electrons. The van der Waals surface area contributed by atoms with E-state index in [1.54, 1.807) is 31.6 Å². The smallest absolute Gasteiger partial charge is 0.311 e. The molecule has 0 bridgehead atoms. The van der Waals surface area contributed by atoms with E-state index in [0.29, 0.717) is 18.0 Å². The lowest BCUT2D eigenvalue weighted by molar-refractivity contribution is -0.145. The summed E-state index contributed by atoms with van der Waals surface area (Å²) >= 11 is 5.99. The van der Waals surface area contributed by atoms with Crippen molar-refractivity contribution in [3.8, 4) is 0 Å². The van der Waals surface area contributed by atoms with Gasteiger partial charge in [0.25, 0.3) is 0 Å². The molecule has 0 fully saturated rings. The van der Waals surface area contributed by atoms with Gasteiger partial charge in [-0.1, -0.05) is 30.7 Å². The highest BCUT2D eigenvalue weighted by Crippen LogP contribution is 2.20. The van der Waals surface area contributed by atoms with E-state index in [1.165, 1.54) is 4.90 Å². The van der Waals surface area contributed by atoms with Crippen LogP contribution in [0.1, 0.15) is 30.5 Å². The third-order valence-electron chi connectivity index (χ3n) is 3.67. The van der Waals surface area contributed by atoms with Crippen LogP contribution >= 0.6 is 11.6 Å². The Labute approximate surface area is 146 Å². The van der Waals surface area contributed by atoms with Gasteiger partial charge in [0.1, 0.15) is 0 Å². The van der Waals surface area contributed by atoms with Crippen molar-refractivity contribution in [2.45, 2.75) is 25.9 Å².